The molecular weight excluding hydrogens is 699 g/mol. The number of pyridine rings is 2. The van der Waals surface area contributed by atoms with Gasteiger partial charge in [-0.3, -0.25) is 9.97 Å². The number of furan rings is 2. The first kappa shape index (κ1) is 31.6. The maximum Gasteiger partial charge on any atom is 0.153 e. The number of fused-ring (bicyclic) bond motifs is 9. The summed E-state index contributed by atoms with van der Waals surface area (Å²) in [5.41, 5.74) is 17.7. The van der Waals surface area contributed by atoms with Crippen molar-refractivity contribution in [1.29, 1.82) is 0 Å². The summed E-state index contributed by atoms with van der Waals surface area (Å²) in [6.45, 7) is 0. The molecule has 12 aromatic rings. The van der Waals surface area contributed by atoms with E-state index in [1.54, 1.807) is 0 Å². The van der Waals surface area contributed by atoms with Crippen LogP contribution < -0.4 is 0 Å². The Morgan fingerprint density at radius 3 is 1.21 bits per heavy atom. The molecule has 5 nitrogen and oxygen atoms in total. The summed E-state index contributed by atoms with van der Waals surface area (Å²) in [6, 6.07) is 62.5. The molecule has 0 atom stereocenters. The molecule has 57 heavy (non-hydrogen) atoms. The van der Waals surface area contributed by atoms with E-state index in [0.717, 1.165) is 94.3 Å². The van der Waals surface area contributed by atoms with Crippen LogP contribution in [0.3, 0.4) is 0 Å². The first-order valence-corrected chi connectivity index (χ1v) is 19.1. The summed E-state index contributed by atoms with van der Waals surface area (Å²) in [5.74, 6) is 0. The summed E-state index contributed by atoms with van der Waals surface area (Å²) in [4.78, 5) is 9.21. The van der Waals surface area contributed by atoms with Gasteiger partial charge in [-0.2, -0.15) is 0 Å². The molecule has 0 fully saturated rings. The average Bonchev–Trinajstić information content (AvgIpc) is 3.95. The van der Waals surface area contributed by atoms with Gasteiger partial charge in [0.25, 0.3) is 0 Å². The van der Waals surface area contributed by atoms with Crippen molar-refractivity contribution in [2.75, 3.05) is 0 Å². The lowest BCUT2D eigenvalue weighted by atomic mass is 9.96. The molecule has 0 aliphatic heterocycles. The number of hydrogen-bond donors (Lipinski definition) is 0. The number of benzene rings is 7. The molecule has 0 amide bonds. The highest BCUT2D eigenvalue weighted by Gasteiger charge is 2.16. The van der Waals surface area contributed by atoms with Gasteiger partial charge in [-0.05, 0) is 142 Å². The van der Waals surface area contributed by atoms with Gasteiger partial charge in [0.05, 0.1) is 11.0 Å². The van der Waals surface area contributed by atoms with Gasteiger partial charge in [0.2, 0.25) is 0 Å². The van der Waals surface area contributed by atoms with Gasteiger partial charge in [-0.1, -0.05) is 78.9 Å². The van der Waals surface area contributed by atoms with E-state index < -0.39 is 0 Å². The van der Waals surface area contributed by atoms with Crippen molar-refractivity contribution >= 4 is 65.9 Å². The van der Waals surface area contributed by atoms with Crippen molar-refractivity contribution in [3.05, 3.63) is 188 Å². The van der Waals surface area contributed by atoms with Crippen LogP contribution >= 0.6 is 0 Å². The van der Waals surface area contributed by atoms with Crippen LogP contribution in [0, 0.1) is 0 Å². The van der Waals surface area contributed by atoms with E-state index in [9.17, 15) is 0 Å². The van der Waals surface area contributed by atoms with E-state index in [2.05, 4.69) is 154 Å². The molecule has 0 radical (unpaired) electrons. The second-order valence-corrected chi connectivity index (χ2v) is 14.6. The molecule has 7 aromatic carbocycles. The number of nitrogens with zero attached hydrogens (tertiary/aromatic N) is 3. The van der Waals surface area contributed by atoms with Crippen LogP contribution in [0.5, 0.6) is 0 Å². The second-order valence-electron chi connectivity index (χ2n) is 14.6. The van der Waals surface area contributed by atoms with Crippen LogP contribution in [0.15, 0.2) is 197 Å². The Morgan fingerprint density at radius 1 is 0.316 bits per heavy atom. The monoisotopic (exact) mass is 729 g/mol. The highest BCUT2D eigenvalue weighted by atomic mass is 16.3. The lowest BCUT2D eigenvalue weighted by molar-refractivity contribution is 0.668. The second kappa shape index (κ2) is 12.4. The fourth-order valence-electron chi connectivity index (χ4n) is 8.55. The van der Waals surface area contributed by atoms with Crippen molar-refractivity contribution in [3.63, 3.8) is 0 Å². The molecule has 12 rings (SSSR count). The molecule has 0 saturated heterocycles. The van der Waals surface area contributed by atoms with Crippen molar-refractivity contribution in [1.82, 2.24) is 14.5 Å². The van der Waals surface area contributed by atoms with Crippen LogP contribution in [0.25, 0.3) is 116 Å². The van der Waals surface area contributed by atoms with Crippen molar-refractivity contribution < 1.29 is 8.83 Å². The van der Waals surface area contributed by atoms with Gasteiger partial charge in [-0.15, -0.1) is 0 Å². The van der Waals surface area contributed by atoms with Gasteiger partial charge >= 0.3 is 0 Å². The highest BCUT2D eigenvalue weighted by molar-refractivity contribution is 6.12. The zero-order chi connectivity index (χ0) is 37.5. The van der Waals surface area contributed by atoms with E-state index in [1.807, 2.05) is 48.8 Å². The third-order valence-electron chi connectivity index (χ3n) is 11.3. The zero-order valence-corrected chi connectivity index (χ0v) is 30.6. The van der Waals surface area contributed by atoms with Gasteiger partial charge in [0.1, 0.15) is 22.2 Å². The predicted octanol–water partition coefficient (Wildman–Crippen LogP) is 14.0. The van der Waals surface area contributed by atoms with E-state index in [0.29, 0.717) is 0 Å². The van der Waals surface area contributed by atoms with Crippen molar-refractivity contribution in [2.45, 2.75) is 0 Å². The smallest absolute Gasteiger partial charge is 0.153 e. The van der Waals surface area contributed by atoms with Crippen LogP contribution in [-0.4, -0.2) is 14.5 Å². The number of para-hydroxylation sites is 1. The molecule has 0 spiro atoms. The Kier molecular flexibility index (Phi) is 6.86. The Balaban J connectivity index is 0.979. The third-order valence-corrected chi connectivity index (χ3v) is 11.3. The molecule has 0 aliphatic rings. The summed E-state index contributed by atoms with van der Waals surface area (Å²) >= 11 is 0. The topological polar surface area (TPSA) is 57.0 Å². The molecule has 0 N–H and O–H groups in total. The number of rotatable bonds is 5. The normalized spacial score (nSPS) is 11.9. The van der Waals surface area contributed by atoms with E-state index in [1.165, 1.54) is 21.8 Å². The molecule has 0 aliphatic carbocycles. The standard InChI is InChI=1S/C52H31N3O2/c1-2-12-40(13-3-1)55-45-20-16-36(32-8-4-10-34(26-32)38-18-22-47-43(30-38)51-49(56-47)14-6-24-53-51)28-41(45)42-29-37(17-21-46(42)55)33-9-5-11-35(27-33)39-19-23-48-44(31-39)52-50(57-48)15-7-25-54-52/h1-31H. The lowest BCUT2D eigenvalue weighted by Gasteiger charge is -2.09. The molecule has 0 saturated carbocycles. The molecular formula is C52H31N3O2. The quantitative estimate of drug-likeness (QED) is 0.177. The average molecular weight is 730 g/mol. The van der Waals surface area contributed by atoms with E-state index >= 15 is 0 Å². The number of hydrogen-bond acceptors (Lipinski definition) is 4. The van der Waals surface area contributed by atoms with Gasteiger partial charge in [-0.25, -0.2) is 0 Å². The Labute approximate surface area is 326 Å². The van der Waals surface area contributed by atoms with Gasteiger partial charge < -0.3 is 13.4 Å². The van der Waals surface area contributed by atoms with Gasteiger partial charge in [0, 0.05) is 39.6 Å². The minimum absolute atomic E-state index is 0.802. The molecule has 5 heteroatoms. The van der Waals surface area contributed by atoms with Crippen LogP contribution in [-0.2, 0) is 0 Å². The predicted molar refractivity (Wildman–Crippen MR) is 233 cm³/mol. The van der Waals surface area contributed by atoms with Crippen LogP contribution in [0.4, 0.5) is 0 Å². The third kappa shape index (κ3) is 5.10. The minimum Gasteiger partial charge on any atom is -0.454 e. The summed E-state index contributed by atoms with van der Waals surface area (Å²) in [5, 5.41) is 4.46. The van der Waals surface area contributed by atoms with Crippen LogP contribution in [0.2, 0.25) is 0 Å². The Bertz CT molecular complexity index is 3320. The first-order valence-electron chi connectivity index (χ1n) is 19.1. The molecule has 5 aromatic heterocycles. The molecule has 266 valence electrons. The van der Waals surface area contributed by atoms with Crippen molar-refractivity contribution in [3.8, 4) is 50.2 Å². The SMILES string of the molecule is c1ccc(-n2c3ccc(-c4cccc(-c5ccc6oc7cccnc7c6c5)c4)cc3c3cc(-c4cccc(-c5ccc6oc7cccnc7c6c5)c4)ccc32)cc1. The van der Waals surface area contributed by atoms with E-state index in [-0.39, 0.29) is 0 Å². The Morgan fingerprint density at radius 2 is 0.737 bits per heavy atom. The fraction of sp³-hybridized carbons (Fsp3) is 0. The number of aromatic nitrogens is 3. The summed E-state index contributed by atoms with van der Waals surface area (Å²) in [7, 11) is 0. The largest absolute Gasteiger partial charge is 0.454 e. The summed E-state index contributed by atoms with van der Waals surface area (Å²) < 4.78 is 14.5. The maximum atomic E-state index is 6.06. The van der Waals surface area contributed by atoms with Gasteiger partial charge in [0.15, 0.2) is 11.2 Å². The molecule has 0 bridgehead atoms. The highest BCUT2D eigenvalue weighted by Crippen LogP contribution is 2.39. The summed E-state index contributed by atoms with van der Waals surface area (Å²) in [6.07, 6.45) is 3.64. The van der Waals surface area contributed by atoms with Crippen molar-refractivity contribution in [2.24, 2.45) is 0 Å². The lowest BCUT2D eigenvalue weighted by Crippen LogP contribution is -1.93. The molecule has 0 unspecified atom stereocenters. The van der Waals surface area contributed by atoms with E-state index in [4.69, 9.17) is 8.83 Å². The fourth-order valence-corrected chi connectivity index (χ4v) is 8.55. The maximum absolute atomic E-state index is 6.06. The zero-order valence-electron chi connectivity index (χ0n) is 30.6. The molecule has 5 heterocycles. The minimum atomic E-state index is 0.802. The first-order chi connectivity index (χ1) is 28.2. The Hall–Kier alpha value is -7.76. The van der Waals surface area contributed by atoms with Crippen LogP contribution in [0.1, 0.15) is 0 Å².